The molecule has 1 fully saturated rings. The molecule has 0 aromatic carbocycles. The van der Waals surface area contributed by atoms with Gasteiger partial charge in [-0.3, -0.25) is 21.7 Å². The third kappa shape index (κ3) is 10.3. The molecule has 1 aliphatic carbocycles. The number of nitrogens with zero attached hydrogens (tertiary/aromatic N) is 1. The van der Waals surface area contributed by atoms with Crippen LogP contribution in [-0.2, 0) is 4.79 Å². The van der Waals surface area contributed by atoms with Crippen molar-refractivity contribution in [2.75, 3.05) is 0 Å². The highest BCUT2D eigenvalue weighted by atomic mass is 16.4. The Labute approximate surface area is 128 Å². The molecule has 0 spiro atoms. The van der Waals surface area contributed by atoms with Crippen molar-refractivity contribution in [2.24, 2.45) is 27.9 Å². The molecule has 6 N–H and O–H groups in total. The number of carboxylic acids is 1. The maximum absolute atomic E-state index is 9.00. The van der Waals surface area contributed by atoms with Crippen LogP contribution in [0.1, 0.15) is 66.2 Å². The van der Waals surface area contributed by atoms with E-state index >= 15 is 0 Å². The number of hydrazone groups is 1. The van der Waals surface area contributed by atoms with Gasteiger partial charge in [-0.2, -0.15) is 5.10 Å². The number of carbonyl (C=O) groups is 1. The topological polar surface area (TPSA) is 114 Å². The van der Waals surface area contributed by atoms with Crippen molar-refractivity contribution in [3.63, 3.8) is 0 Å². The van der Waals surface area contributed by atoms with Gasteiger partial charge in [0.05, 0.1) is 0 Å². The summed E-state index contributed by atoms with van der Waals surface area (Å²) in [7, 11) is 0. The molecular weight excluding hydrogens is 268 g/mol. The van der Waals surface area contributed by atoms with Crippen LogP contribution in [0.2, 0.25) is 0 Å². The van der Waals surface area contributed by atoms with Crippen LogP contribution < -0.4 is 16.9 Å². The molecule has 1 aliphatic rings. The maximum Gasteiger partial charge on any atom is 0.300 e. The van der Waals surface area contributed by atoms with Crippen molar-refractivity contribution in [3.05, 3.63) is 0 Å². The number of hydrogen-bond donors (Lipinski definition) is 4. The Morgan fingerprint density at radius 1 is 1.29 bits per heavy atom. The monoisotopic (exact) mass is 300 g/mol. The fourth-order valence-corrected chi connectivity index (χ4v) is 2.91. The minimum atomic E-state index is -0.833. The highest BCUT2D eigenvalue weighted by Gasteiger charge is 2.30. The van der Waals surface area contributed by atoms with Crippen LogP contribution in [0.15, 0.2) is 5.10 Å². The number of nitrogens with one attached hydrogen (secondary N) is 1. The Morgan fingerprint density at radius 3 is 2.19 bits per heavy atom. The molecule has 0 aromatic rings. The molecule has 0 aromatic heterocycles. The smallest absolute Gasteiger partial charge is 0.300 e. The lowest BCUT2D eigenvalue weighted by atomic mass is 9.69. The van der Waals surface area contributed by atoms with E-state index in [0.29, 0.717) is 5.41 Å². The molecule has 1 rings (SSSR count). The molecule has 0 bridgehead atoms. The van der Waals surface area contributed by atoms with Gasteiger partial charge in [0.15, 0.2) is 0 Å². The molecule has 0 unspecified atom stereocenters. The minimum absolute atomic E-state index is 0.328. The van der Waals surface area contributed by atoms with E-state index in [4.69, 9.17) is 21.4 Å². The van der Waals surface area contributed by atoms with Crippen LogP contribution in [-0.4, -0.2) is 23.1 Å². The fraction of sp³-hybridized carbons (Fsp3) is 0.867. The van der Waals surface area contributed by atoms with Gasteiger partial charge in [-0.25, -0.2) is 0 Å². The van der Waals surface area contributed by atoms with E-state index in [0.717, 1.165) is 25.0 Å². The molecule has 6 heteroatoms. The van der Waals surface area contributed by atoms with E-state index in [9.17, 15) is 0 Å². The first-order valence-corrected chi connectivity index (χ1v) is 7.64. The van der Waals surface area contributed by atoms with Crippen molar-refractivity contribution in [2.45, 2.75) is 72.5 Å². The minimum Gasteiger partial charge on any atom is -0.481 e. The third-order valence-corrected chi connectivity index (χ3v) is 3.83. The second-order valence-electron chi connectivity index (χ2n) is 6.52. The predicted octanol–water partition coefficient (Wildman–Crippen LogP) is 2.24. The molecule has 124 valence electrons. The van der Waals surface area contributed by atoms with Crippen molar-refractivity contribution in [1.29, 1.82) is 0 Å². The second-order valence-corrected chi connectivity index (χ2v) is 6.52. The van der Waals surface area contributed by atoms with Crippen molar-refractivity contribution < 1.29 is 9.90 Å². The lowest BCUT2D eigenvalue weighted by Gasteiger charge is -2.37. The van der Waals surface area contributed by atoms with E-state index in [-0.39, 0.29) is 0 Å². The average molecular weight is 300 g/mol. The summed E-state index contributed by atoms with van der Waals surface area (Å²) in [5, 5.41) is 11.6. The van der Waals surface area contributed by atoms with Crippen LogP contribution in [0.25, 0.3) is 0 Å². The summed E-state index contributed by atoms with van der Waals surface area (Å²) in [6, 6.07) is 0. The summed E-state index contributed by atoms with van der Waals surface area (Å²) >= 11 is 0. The van der Waals surface area contributed by atoms with E-state index in [1.54, 1.807) is 0 Å². The molecule has 0 aliphatic heterocycles. The van der Waals surface area contributed by atoms with Crippen molar-refractivity contribution in [1.82, 2.24) is 5.43 Å². The lowest BCUT2D eigenvalue weighted by Crippen LogP contribution is -2.42. The Balaban J connectivity index is 0.000000885. The SMILES string of the molecule is C/C(CC(C)(C)C1CCCCC1)=N\NC(N)N.CC(=O)O. The van der Waals surface area contributed by atoms with E-state index < -0.39 is 12.3 Å². The van der Waals surface area contributed by atoms with Gasteiger partial charge in [-0.1, -0.05) is 33.1 Å². The van der Waals surface area contributed by atoms with Gasteiger partial charge >= 0.3 is 0 Å². The standard InChI is InChI=1S/C13H28N4.C2H4O2/c1-10(16-17-12(14)15)9-13(2,3)11-7-5-4-6-8-11;1-2(3)4/h11-12,17H,4-9,14-15H2,1-3H3;1H3,(H,3,4)/b16-10+;. The first kappa shape index (κ1) is 19.9. The molecule has 0 saturated heterocycles. The molecule has 21 heavy (non-hydrogen) atoms. The van der Waals surface area contributed by atoms with Crippen molar-refractivity contribution in [3.8, 4) is 0 Å². The Morgan fingerprint density at radius 2 is 1.76 bits per heavy atom. The summed E-state index contributed by atoms with van der Waals surface area (Å²) in [6.45, 7) is 7.83. The molecular formula is C15H32N4O2. The first-order valence-electron chi connectivity index (χ1n) is 7.64. The molecule has 1 saturated carbocycles. The van der Waals surface area contributed by atoms with Gasteiger partial charge < -0.3 is 5.11 Å². The van der Waals surface area contributed by atoms with Crippen LogP contribution >= 0.6 is 0 Å². The van der Waals surface area contributed by atoms with Gasteiger partial charge in [-0.05, 0) is 37.5 Å². The zero-order chi connectivity index (χ0) is 16.5. The summed E-state index contributed by atoms with van der Waals surface area (Å²) in [5.41, 5.74) is 14.9. The summed E-state index contributed by atoms with van der Waals surface area (Å²) in [6.07, 6.45) is 7.35. The van der Waals surface area contributed by atoms with Crippen LogP contribution in [0, 0.1) is 11.3 Å². The highest BCUT2D eigenvalue weighted by molar-refractivity contribution is 5.82. The quantitative estimate of drug-likeness (QED) is 0.353. The third-order valence-electron chi connectivity index (χ3n) is 3.83. The summed E-state index contributed by atoms with van der Waals surface area (Å²) in [4.78, 5) is 9.00. The Kier molecular flexibility index (Phi) is 9.21. The number of hydrogen-bond acceptors (Lipinski definition) is 5. The number of carboxylic acid groups (broad SMARTS) is 1. The number of rotatable bonds is 5. The second kappa shape index (κ2) is 9.73. The number of nitrogens with two attached hydrogens (primary N) is 2. The van der Waals surface area contributed by atoms with E-state index in [2.05, 4.69) is 24.4 Å². The number of aliphatic carboxylic acids is 1. The van der Waals surface area contributed by atoms with Gasteiger partial charge in [-0.15, -0.1) is 0 Å². The molecule has 0 radical (unpaired) electrons. The lowest BCUT2D eigenvalue weighted by molar-refractivity contribution is -0.134. The predicted molar refractivity (Wildman–Crippen MR) is 86.7 cm³/mol. The van der Waals surface area contributed by atoms with Gasteiger partial charge in [0.1, 0.15) is 6.29 Å². The van der Waals surface area contributed by atoms with E-state index in [1.807, 2.05) is 6.92 Å². The Hall–Kier alpha value is -1.14. The van der Waals surface area contributed by atoms with Crippen LogP contribution in [0.5, 0.6) is 0 Å². The van der Waals surface area contributed by atoms with E-state index in [1.165, 1.54) is 32.1 Å². The zero-order valence-electron chi connectivity index (χ0n) is 13.9. The molecule has 6 nitrogen and oxygen atoms in total. The van der Waals surface area contributed by atoms with Gasteiger partial charge in [0, 0.05) is 12.6 Å². The molecule has 0 heterocycles. The van der Waals surface area contributed by atoms with Crippen LogP contribution in [0.3, 0.4) is 0 Å². The summed E-state index contributed by atoms with van der Waals surface area (Å²) < 4.78 is 0. The fourth-order valence-electron chi connectivity index (χ4n) is 2.91. The average Bonchev–Trinajstić information content (AvgIpc) is 2.36. The Bertz CT molecular complexity index is 331. The van der Waals surface area contributed by atoms with Gasteiger partial charge in [0.2, 0.25) is 0 Å². The largest absolute Gasteiger partial charge is 0.481 e. The first-order chi connectivity index (χ1) is 9.65. The highest BCUT2D eigenvalue weighted by Crippen LogP contribution is 2.40. The zero-order valence-corrected chi connectivity index (χ0v) is 13.9. The van der Waals surface area contributed by atoms with Crippen LogP contribution in [0.4, 0.5) is 0 Å². The molecule has 0 amide bonds. The molecule has 0 atom stereocenters. The maximum atomic E-state index is 9.00. The van der Waals surface area contributed by atoms with Crippen molar-refractivity contribution >= 4 is 11.7 Å². The summed E-state index contributed by atoms with van der Waals surface area (Å²) in [5.74, 6) is -0.00653. The normalized spacial score (nSPS) is 17.2. The van der Waals surface area contributed by atoms with Gasteiger partial charge in [0.25, 0.3) is 5.97 Å².